The van der Waals surface area contributed by atoms with Gasteiger partial charge in [0.15, 0.2) is 0 Å². The van der Waals surface area contributed by atoms with E-state index in [1.165, 1.54) is 18.2 Å². The molecule has 0 aromatic heterocycles. The molecule has 6 heteroatoms. The van der Waals surface area contributed by atoms with Gasteiger partial charge in [-0.25, -0.2) is 9.18 Å². The number of esters is 1. The lowest BCUT2D eigenvalue weighted by Gasteiger charge is -2.06. The fraction of sp³-hybridized carbons (Fsp3) is 0.111. The van der Waals surface area contributed by atoms with Crippen LogP contribution in [0.5, 0.6) is 5.75 Å². The lowest BCUT2D eigenvalue weighted by atomic mass is 10.1. The zero-order valence-corrected chi connectivity index (χ0v) is 14.3. The number of methoxy groups -OCH3 is 1. The van der Waals surface area contributed by atoms with Gasteiger partial charge in [0.25, 0.3) is 0 Å². The Balaban J connectivity index is 2.08. The fourth-order valence-electron chi connectivity index (χ4n) is 1.86. The molecule has 0 N–H and O–H groups in total. The highest BCUT2D eigenvalue weighted by molar-refractivity contribution is 9.10. The van der Waals surface area contributed by atoms with Crippen LogP contribution in [0.2, 0.25) is 0 Å². The van der Waals surface area contributed by atoms with Gasteiger partial charge >= 0.3 is 5.97 Å². The smallest absolute Gasteiger partial charge is 0.349 e. The molecule has 0 spiro atoms. The molecular formula is C18H13BrFNO3. The second-order valence-corrected chi connectivity index (χ2v) is 5.67. The van der Waals surface area contributed by atoms with Crippen LogP contribution in [-0.4, -0.2) is 13.1 Å². The number of nitrogens with zero attached hydrogens (tertiary/aromatic N) is 1. The van der Waals surface area contributed by atoms with Crippen molar-refractivity contribution in [3.05, 3.63) is 69.5 Å². The van der Waals surface area contributed by atoms with E-state index in [0.717, 1.165) is 0 Å². The highest BCUT2D eigenvalue weighted by Gasteiger charge is 2.12. The summed E-state index contributed by atoms with van der Waals surface area (Å²) in [7, 11) is 1.55. The SMILES string of the molecule is COc1ccc(/C=C(\C#N)C(=O)OCc2ccc(Br)cc2F)cc1. The van der Waals surface area contributed by atoms with E-state index in [9.17, 15) is 9.18 Å². The van der Waals surface area contributed by atoms with Crippen LogP contribution >= 0.6 is 15.9 Å². The van der Waals surface area contributed by atoms with Gasteiger partial charge in [0.2, 0.25) is 0 Å². The number of benzene rings is 2. The number of hydrogen-bond acceptors (Lipinski definition) is 4. The largest absolute Gasteiger partial charge is 0.497 e. The molecule has 0 aliphatic rings. The van der Waals surface area contributed by atoms with Gasteiger partial charge in [-0.05, 0) is 35.9 Å². The Morgan fingerprint density at radius 1 is 1.29 bits per heavy atom. The zero-order chi connectivity index (χ0) is 17.5. The molecule has 0 saturated heterocycles. The summed E-state index contributed by atoms with van der Waals surface area (Å²) in [6, 6.07) is 13.1. The monoisotopic (exact) mass is 389 g/mol. The molecule has 122 valence electrons. The molecule has 0 aliphatic carbocycles. The highest BCUT2D eigenvalue weighted by atomic mass is 79.9. The van der Waals surface area contributed by atoms with Gasteiger partial charge < -0.3 is 9.47 Å². The number of nitriles is 1. The van der Waals surface area contributed by atoms with Crippen LogP contribution in [0.1, 0.15) is 11.1 Å². The molecular weight excluding hydrogens is 377 g/mol. The average molecular weight is 390 g/mol. The molecule has 0 amide bonds. The van der Waals surface area contributed by atoms with E-state index < -0.39 is 11.8 Å². The molecule has 24 heavy (non-hydrogen) atoms. The number of hydrogen-bond donors (Lipinski definition) is 0. The number of carbonyl (C=O) groups is 1. The summed E-state index contributed by atoms with van der Waals surface area (Å²) >= 11 is 3.15. The standard InChI is InChI=1S/C18H13BrFNO3/c1-23-16-6-2-12(3-7-16)8-14(10-21)18(22)24-11-13-4-5-15(19)9-17(13)20/h2-9H,11H2,1H3/b14-8+. The molecule has 0 heterocycles. The second-order valence-electron chi connectivity index (χ2n) is 4.75. The van der Waals surface area contributed by atoms with E-state index in [-0.39, 0.29) is 17.7 Å². The minimum atomic E-state index is -0.810. The van der Waals surface area contributed by atoms with Crippen LogP contribution < -0.4 is 4.74 Å². The Bertz CT molecular complexity index is 810. The number of ether oxygens (including phenoxy) is 2. The summed E-state index contributed by atoms with van der Waals surface area (Å²) in [5.41, 5.74) is 0.713. The van der Waals surface area contributed by atoms with Crippen molar-refractivity contribution in [2.75, 3.05) is 7.11 Å². The molecule has 0 bridgehead atoms. The van der Waals surface area contributed by atoms with E-state index >= 15 is 0 Å². The summed E-state index contributed by atoms with van der Waals surface area (Å²) in [5.74, 6) is -0.635. The number of rotatable bonds is 5. The van der Waals surface area contributed by atoms with Crippen LogP contribution in [0.25, 0.3) is 6.08 Å². The maximum Gasteiger partial charge on any atom is 0.349 e. The van der Waals surface area contributed by atoms with Gasteiger partial charge in [-0.2, -0.15) is 5.26 Å². The van der Waals surface area contributed by atoms with Gasteiger partial charge in [0.1, 0.15) is 29.8 Å². The third-order valence-corrected chi connectivity index (χ3v) is 3.63. The topological polar surface area (TPSA) is 59.3 Å². The van der Waals surface area contributed by atoms with Crippen molar-refractivity contribution in [3.8, 4) is 11.8 Å². The Labute approximate surface area is 147 Å². The molecule has 0 fully saturated rings. The Morgan fingerprint density at radius 3 is 2.58 bits per heavy atom. The van der Waals surface area contributed by atoms with Gasteiger partial charge in [-0.3, -0.25) is 0 Å². The molecule has 0 unspecified atom stereocenters. The van der Waals surface area contributed by atoms with Crippen molar-refractivity contribution in [3.63, 3.8) is 0 Å². The predicted molar refractivity (Wildman–Crippen MR) is 90.5 cm³/mol. The normalized spacial score (nSPS) is 10.8. The second kappa shape index (κ2) is 8.27. The minimum Gasteiger partial charge on any atom is -0.497 e. The maximum absolute atomic E-state index is 13.7. The summed E-state index contributed by atoms with van der Waals surface area (Å²) < 4.78 is 24.3. The van der Waals surface area contributed by atoms with Crippen LogP contribution in [0.4, 0.5) is 4.39 Å². The van der Waals surface area contributed by atoms with Crippen LogP contribution in [0, 0.1) is 17.1 Å². The van der Waals surface area contributed by atoms with Crippen molar-refractivity contribution in [1.82, 2.24) is 0 Å². The van der Waals surface area contributed by atoms with Crippen molar-refractivity contribution in [2.45, 2.75) is 6.61 Å². The van der Waals surface area contributed by atoms with Gasteiger partial charge in [0, 0.05) is 10.0 Å². The Hall–Kier alpha value is -2.65. The molecule has 2 aromatic rings. The number of halogens is 2. The Kier molecular flexibility index (Phi) is 6.10. The first-order valence-corrected chi connectivity index (χ1v) is 7.69. The molecule has 2 aromatic carbocycles. The van der Waals surface area contributed by atoms with Crippen molar-refractivity contribution in [2.24, 2.45) is 0 Å². The van der Waals surface area contributed by atoms with Crippen molar-refractivity contribution >= 4 is 28.0 Å². The van der Waals surface area contributed by atoms with Crippen LogP contribution in [0.15, 0.2) is 52.5 Å². The number of carbonyl (C=O) groups excluding carboxylic acids is 1. The highest BCUT2D eigenvalue weighted by Crippen LogP contribution is 2.17. The molecule has 4 nitrogen and oxygen atoms in total. The molecule has 0 saturated carbocycles. The fourth-order valence-corrected chi connectivity index (χ4v) is 2.20. The summed E-state index contributed by atoms with van der Waals surface area (Å²) in [6.45, 7) is -0.250. The van der Waals surface area contributed by atoms with Crippen molar-refractivity contribution in [1.29, 1.82) is 5.26 Å². The van der Waals surface area contributed by atoms with E-state index in [1.807, 2.05) is 0 Å². The predicted octanol–water partition coefficient (Wildman–Crippen LogP) is 4.25. The van der Waals surface area contributed by atoms with Gasteiger partial charge in [-0.1, -0.05) is 34.1 Å². The third kappa shape index (κ3) is 4.67. The van der Waals surface area contributed by atoms with Crippen LogP contribution in [0.3, 0.4) is 0 Å². The van der Waals surface area contributed by atoms with Gasteiger partial charge in [0.05, 0.1) is 7.11 Å². The molecule has 0 aliphatic heterocycles. The average Bonchev–Trinajstić information content (AvgIpc) is 2.59. The van der Waals surface area contributed by atoms with Crippen LogP contribution in [-0.2, 0) is 16.1 Å². The maximum atomic E-state index is 13.7. The van der Waals surface area contributed by atoms with E-state index in [1.54, 1.807) is 43.5 Å². The summed E-state index contributed by atoms with van der Waals surface area (Å²) in [4.78, 5) is 12.0. The molecule has 0 atom stereocenters. The lowest BCUT2D eigenvalue weighted by molar-refractivity contribution is -0.139. The minimum absolute atomic E-state index is 0.169. The first-order valence-electron chi connectivity index (χ1n) is 6.90. The lowest BCUT2D eigenvalue weighted by Crippen LogP contribution is -2.07. The van der Waals surface area contributed by atoms with Gasteiger partial charge in [-0.15, -0.1) is 0 Å². The Morgan fingerprint density at radius 2 is 2.00 bits per heavy atom. The zero-order valence-electron chi connectivity index (χ0n) is 12.8. The summed E-state index contributed by atoms with van der Waals surface area (Å²) in [6.07, 6.45) is 1.40. The first-order chi connectivity index (χ1) is 11.5. The first kappa shape index (κ1) is 17.7. The summed E-state index contributed by atoms with van der Waals surface area (Å²) in [5, 5.41) is 9.12. The van der Waals surface area contributed by atoms with Crippen molar-refractivity contribution < 1.29 is 18.7 Å². The van der Waals surface area contributed by atoms with E-state index in [4.69, 9.17) is 14.7 Å². The molecule has 0 radical (unpaired) electrons. The molecule has 2 rings (SSSR count). The third-order valence-electron chi connectivity index (χ3n) is 3.14. The van der Waals surface area contributed by atoms with E-state index in [0.29, 0.717) is 15.8 Å². The quantitative estimate of drug-likeness (QED) is 0.435. The van der Waals surface area contributed by atoms with E-state index in [2.05, 4.69) is 15.9 Å².